The van der Waals surface area contributed by atoms with Crippen molar-refractivity contribution in [2.24, 2.45) is 0 Å². The molecule has 1 aromatic carbocycles. The third-order valence-corrected chi connectivity index (χ3v) is 3.63. The summed E-state index contributed by atoms with van der Waals surface area (Å²) < 4.78 is 6.82. The van der Waals surface area contributed by atoms with E-state index >= 15 is 0 Å². The molecule has 2 aromatic rings. The molecule has 0 aliphatic rings. The number of hydrogen-bond acceptors (Lipinski definition) is 3. The van der Waals surface area contributed by atoms with Crippen molar-refractivity contribution in [2.75, 3.05) is 6.54 Å². The van der Waals surface area contributed by atoms with Crippen LogP contribution in [0.1, 0.15) is 31.0 Å². The predicted octanol–water partition coefficient (Wildman–Crippen LogP) is 4.62. The Hall–Kier alpha value is -1.39. The first kappa shape index (κ1) is 15.0. The molecule has 0 saturated carbocycles. The van der Waals surface area contributed by atoms with Crippen LogP contribution in [0.15, 0.2) is 41.0 Å². The van der Waals surface area contributed by atoms with E-state index in [0.29, 0.717) is 11.9 Å². The van der Waals surface area contributed by atoms with E-state index in [4.69, 9.17) is 4.74 Å². The Kier molecular flexibility index (Phi) is 5.15. The minimum Gasteiger partial charge on any atom is -0.439 e. The Labute approximate surface area is 128 Å². The topological polar surface area (TPSA) is 34.1 Å². The van der Waals surface area contributed by atoms with Gasteiger partial charge in [0.05, 0.1) is 0 Å². The van der Waals surface area contributed by atoms with E-state index in [1.165, 1.54) is 0 Å². The molecule has 1 N–H and O–H groups in total. The Bertz CT molecular complexity index is 569. The van der Waals surface area contributed by atoms with Gasteiger partial charge >= 0.3 is 0 Å². The third kappa shape index (κ3) is 3.81. The van der Waals surface area contributed by atoms with E-state index < -0.39 is 0 Å². The molecule has 106 valence electrons. The lowest BCUT2D eigenvalue weighted by Gasteiger charge is -2.13. The number of hydrogen-bond donors (Lipinski definition) is 1. The molecule has 2 rings (SSSR count). The summed E-state index contributed by atoms with van der Waals surface area (Å²) in [6, 6.07) is 10.2. The van der Waals surface area contributed by atoms with Crippen molar-refractivity contribution in [3.63, 3.8) is 0 Å². The summed E-state index contributed by atoms with van der Waals surface area (Å²) in [7, 11) is 0. The van der Waals surface area contributed by atoms with Crippen LogP contribution in [0.2, 0.25) is 0 Å². The minimum absolute atomic E-state index is 0.300. The van der Waals surface area contributed by atoms with E-state index in [1.54, 1.807) is 0 Å². The van der Waals surface area contributed by atoms with Crippen molar-refractivity contribution in [1.82, 2.24) is 10.3 Å². The van der Waals surface area contributed by atoms with Gasteiger partial charge in [-0.25, -0.2) is 4.98 Å². The summed E-state index contributed by atoms with van der Waals surface area (Å²) in [5.41, 5.74) is 2.24. The van der Waals surface area contributed by atoms with Crippen LogP contribution >= 0.6 is 15.9 Å². The highest BCUT2D eigenvalue weighted by Crippen LogP contribution is 2.27. The smallest absolute Gasteiger partial charge is 0.219 e. The molecule has 0 bridgehead atoms. The number of aryl methyl sites for hydroxylation is 1. The Balaban J connectivity index is 2.12. The van der Waals surface area contributed by atoms with Gasteiger partial charge in [-0.3, -0.25) is 0 Å². The fourth-order valence-corrected chi connectivity index (χ4v) is 2.27. The average molecular weight is 335 g/mol. The van der Waals surface area contributed by atoms with E-state index in [1.807, 2.05) is 43.5 Å². The lowest BCUT2D eigenvalue weighted by Crippen LogP contribution is -2.17. The second-order valence-corrected chi connectivity index (χ2v) is 5.64. The summed E-state index contributed by atoms with van der Waals surface area (Å²) >= 11 is 3.45. The molecular weight excluding hydrogens is 316 g/mol. The number of benzene rings is 1. The normalized spacial score (nSPS) is 12.2. The highest BCUT2D eigenvalue weighted by Gasteiger charge is 2.06. The lowest BCUT2D eigenvalue weighted by molar-refractivity contribution is 0.458. The Morgan fingerprint density at radius 1 is 1.30 bits per heavy atom. The zero-order valence-electron chi connectivity index (χ0n) is 12.0. The zero-order chi connectivity index (χ0) is 14.5. The summed E-state index contributed by atoms with van der Waals surface area (Å²) in [4.78, 5) is 4.37. The van der Waals surface area contributed by atoms with Gasteiger partial charge in [0.1, 0.15) is 5.75 Å². The molecule has 20 heavy (non-hydrogen) atoms. The average Bonchev–Trinajstić information content (AvgIpc) is 2.44. The van der Waals surface area contributed by atoms with Crippen LogP contribution in [-0.4, -0.2) is 11.5 Å². The van der Waals surface area contributed by atoms with Gasteiger partial charge in [0.2, 0.25) is 5.88 Å². The van der Waals surface area contributed by atoms with Crippen molar-refractivity contribution in [3.05, 3.63) is 52.1 Å². The Morgan fingerprint density at radius 3 is 2.75 bits per heavy atom. The second-order valence-electron chi connectivity index (χ2n) is 4.72. The Morgan fingerprint density at radius 2 is 2.10 bits per heavy atom. The van der Waals surface area contributed by atoms with E-state index in [9.17, 15) is 0 Å². The van der Waals surface area contributed by atoms with Gasteiger partial charge in [-0.1, -0.05) is 35.0 Å². The van der Waals surface area contributed by atoms with Gasteiger partial charge in [0.15, 0.2) is 0 Å². The fourth-order valence-electron chi connectivity index (χ4n) is 1.93. The number of rotatable bonds is 5. The SMILES string of the molecule is CCNC(C)c1ccc(Oc2cc(Br)ccc2C)nc1. The number of ether oxygens (including phenoxy) is 1. The van der Waals surface area contributed by atoms with Crippen LogP contribution in [0.5, 0.6) is 11.6 Å². The zero-order valence-corrected chi connectivity index (χ0v) is 13.6. The first-order valence-electron chi connectivity index (χ1n) is 6.73. The maximum Gasteiger partial charge on any atom is 0.219 e. The van der Waals surface area contributed by atoms with Gasteiger partial charge in [-0.2, -0.15) is 0 Å². The van der Waals surface area contributed by atoms with Crippen molar-refractivity contribution < 1.29 is 4.74 Å². The summed E-state index contributed by atoms with van der Waals surface area (Å²) in [5, 5.41) is 3.36. The minimum atomic E-state index is 0.300. The highest BCUT2D eigenvalue weighted by molar-refractivity contribution is 9.10. The van der Waals surface area contributed by atoms with Crippen LogP contribution in [0, 0.1) is 6.92 Å². The number of nitrogens with one attached hydrogen (secondary N) is 1. The first-order valence-corrected chi connectivity index (χ1v) is 7.52. The predicted molar refractivity (Wildman–Crippen MR) is 85.3 cm³/mol. The number of aromatic nitrogens is 1. The maximum atomic E-state index is 5.82. The van der Waals surface area contributed by atoms with Crippen LogP contribution < -0.4 is 10.1 Å². The van der Waals surface area contributed by atoms with Crippen LogP contribution in [0.3, 0.4) is 0 Å². The molecule has 0 aliphatic carbocycles. The van der Waals surface area contributed by atoms with Crippen molar-refractivity contribution in [3.8, 4) is 11.6 Å². The van der Waals surface area contributed by atoms with Gasteiger partial charge in [0.25, 0.3) is 0 Å². The molecule has 3 nitrogen and oxygen atoms in total. The molecule has 1 unspecified atom stereocenters. The van der Waals surface area contributed by atoms with Gasteiger partial charge < -0.3 is 10.1 Å². The maximum absolute atomic E-state index is 5.82. The monoisotopic (exact) mass is 334 g/mol. The molecule has 1 heterocycles. The summed E-state index contributed by atoms with van der Waals surface area (Å²) in [6.45, 7) is 7.18. The van der Waals surface area contributed by atoms with Crippen molar-refractivity contribution >= 4 is 15.9 Å². The standard InChI is InChI=1S/C16H19BrN2O/c1-4-18-12(3)13-6-8-16(19-10-13)20-15-9-14(17)7-5-11(15)2/h5-10,12,18H,4H2,1-3H3. The van der Waals surface area contributed by atoms with Crippen LogP contribution in [0.4, 0.5) is 0 Å². The first-order chi connectivity index (χ1) is 9.60. The molecule has 0 spiro atoms. The molecular formula is C16H19BrN2O. The molecule has 1 atom stereocenters. The fraction of sp³-hybridized carbons (Fsp3) is 0.312. The quantitative estimate of drug-likeness (QED) is 0.866. The summed E-state index contributed by atoms with van der Waals surface area (Å²) in [5.74, 6) is 1.43. The van der Waals surface area contributed by atoms with E-state index in [-0.39, 0.29) is 0 Å². The number of pyridine rings is 1. The van der Waals surface area contributed by atoms with Crippen molar-refractivity contribution in [1.29, 1.82) is 0 Å². The molecule has 1 aromatic heterocycles. The highest BCUT2D eigenvalue weighted by atomic mass is 79.9. The number of halogens is 1. The van der Waals surface area contributed by atoms with Gasteiger partial charge in [-0.15, -0.1) is 0 Å². The second kappa shape index (κ2) is 6.86. The van der Waals surface area contributed by atoms with Crippen LogP contribution in [-0.2, 0) is 0 Å². The number of nitrogens with zero attached hydrogens (tertiary/aromatic N) is 1. The summed E-state index contributed by atoms with van der Waals surface area (Å²) in [6.07, 6.45) is 1.86. The van der Waals surface area contributed by atoms with E-state index in [2.05, 4.69) is 40.1 Å². The van der Waals surface area contributed by atoms with E-state index in [0.717, 1.165) is 27.9 Å². The molecule has 0 radical (unpaired) electrons. The van der Waals surface area contributed by atoms with Crippen molar-refractivity contribution in [2.45, 2.75) is 26.8 Å². The van der Waals surface area contributed by atoms with Gasteiger partial charge in [0, 0.05) is 22.8 Å². The van der Waals surface area contributed by atoms with Crippen LogP contribution in [0.25, 0.3) is 0 Å². The molecule has 0 saturated heterocycles. The third-order valence-electron chi connectivity index (χ3n) is 3.13. The molecule has 0 aliphatic heterocycles. The van der Waals surface area contributed by atoms with Gasteiger partial charge in [-0.05, 0) is 43.7 Å². The molecule has 0 fully saturated rings. The largest absolute Gasteiger partial charge is 0.439 e. The molecule has 0 amide bonds. The lowest BCUT2D eigenvalue weighted by atomic mass is 10.1. The molecule has 4 heteroatoms.